The summed E-state index contributed by atoms with van der Waals surface area (Å²) in [5.74, 6) is 0.997. The van der Waals surface area contributed by atoms with Crippen molar-refractivity contribution in [1.29, 1.82) is 0 Å². The molecule has 0 aromatic rings. The molecule has 0 spiro atoms. The molecule has 0 aromatic heterocycles. The highest BCUT2D eigenvalue weighted by Crippen LogP contribution is 2.31. The molecule has 1 aliphatic heterocycles. The number of methoxy groups -OCH3 is 1. The van der Waals surface area contributed by atoms with E-state index in [1.165, 1.54) is 44.9 Å². The van der Waals surface area contributed by atoms with Crippen LogP contribution in [0, 0.1) is 5.92 Å². The third-order valence-corrected chi connectivity index (χ3v) is 4.06. The highest BCUT2D eigenvalue weighted by Gasteiger charge is 2.36. The quantitative estimate of drug-likeness (QED) is 0.747. The van der Waals surface area contributed by atoms with E-state index in [-0.39, 0.29) is 5.60 Å². The molecular formula is C12H23NO. The van der Waals surface area contributed by atoms with Crippen LogP contribution in [0.5, 0.6) is 0 Å². The fraction of sp³-hybridized carbons (Fsp3) is 1.00. The average molecular weight is 197 g/mol. The average Bonchev–Trinajstić information content (AvgIpc) is 2.19. The SMILES string of the molecule is COC1(CCC2CCCCC2)CNC1. The lowest BCUT2D eigenvalue weighted by Crippen LogP contribution is -2.60. The third-order valence-electron chi connectivity index (χ3n) is 4.06. The summed E-state index contributed by atoms with van der Waals surface area (Å²) in [6, 6.07) is 0. The minimum absolute atomic E-state index is 0.206. The van der Waals surface area contributed by atoms with Gasteiger partial charge in [-0.3, -0.25) is 0 Å². The lowest BCUT2D eigenvalue weighted by Gasteiger charge is -2.42. The molecule has 1 aliphatic carbocycles. The van der Waals surface area contributed by atoms with E-state index in [2.05, 4.69) is 5.32 Å². The molecule has 0 aromatic carbocycles. The van der Waals surface area contributed by atoms with Crippen LogP contribution in [0.1, 0.15) is 44.9 Å². The first-order valence-electron chi connectivity index (χ1n) is 6.10. The molecule has 0 amide bonds. The molecule has 14 heavy (non-hydrogen) atoms. The molecule has 2 fully saturated rings. The normalized spacial score (nSPS) is 27.2. The summed E-state index contributed by atoms with van der Waals surface area (Å²) in [5.41, 5.74) is 0.206. The Hall–Kier alpha value is -0.0800. The largest absolute Gasteiger partial charge is 0.376 e. The van der Waals surface area contributed by atoms with Crippen LogP contribution in [0.25, 0.3) is 0 Å². The Labute approximate surface area is 87.4 Å². The first-order chi connectivity index (χ1) is 6.85. The van der Waals surface area contributed by atoms with Gasteiger partial charge in [-0.1, -0.05) is 32.1 Å². The Morgan fingerprint density at radius 1 is 1.21 bits per heavy atom. The van der Waals surface area contributed by atoms with Gasteiger partial charge in [0.05, 0.1) is 5.60 Å². The maximum absolute atomic E-state index is 5.60. The van der Waals surface area contributed by atoms with Crippen molar-refractivity contribution in [3.05, 3.63) is 0 Å². The zero-order valence-electron chi connectivity index (χ0n) is 9.35. The van der Waals surface area contributed by atoms with E-state index >= 15 is 0 Å². The summed E-state index contributed by atoms with van der Waals surface area (Å²) < 4.78 is 5.60. The van der Waals surface area contributed by atoms with Gasteiger partial charge in [0.2, 0.25) is 0 Å². The van der Waals surface area contributed by atoms with Crippen LogP contribution < -0.4 is 5.32 Å². The Bertz CT molecular complexity index is 166. The fourth-order valence-corrected chi connectivity index (χ4v) is 2.77. The molecular weight excluding hydrogens is 174 g/mol. The first kappa shape index (κ1) is 10.4. The summed E-state index contributed by atoms with van der Waals surface area (Å²) in [7, 11) is 1.86. The molecule has 0 bridgehead atoms. The lowest BCUT2D eigenvalue weighted by molar-refractivity contribution is -0.0614. The Morgan fingerprint density at radius 2 is 1.93 bits per heavy atom. The number of rotatable bonds is 4. The van der Waals surface area contributed by atoms with Gasteiger partial charge in [0, 0.05) is 20.2 Å². The first-order valence-corrected chi connectivity index (χ1v) is 6.10. The van der Waals surface area contributed by atoms with Gasteiger partial charge >= 0.3 is 0 Å². The van der Waals surface area contributed by atoms with Crippen LogP contribution in [0.3, 0.4) is 0 Å². The number of nitrogens with one attached hydrogen (secondary N) is 1. The predicted octanol–water partition coefficient (Wildman–Crippen LogP) is 2.34. The molecule has 0 unspecified atom stereocenters. The molecule has 0 radical (unpaired) electrons. The monoisotopic (exact) mass is 197 g/mol. The summed E-state index contributed by atoms with van der Waals surface area (Å²) in [4.78, 5) is 0. The fourth-order valence-electron chi connectivity index (χ4n) is 2.77. The molecule has 1 saturated heterocycles. The molecule has 1 saturated carbocycles. The molecule has 82 valence electrons. The van der Waals surface area contributed by atoms with Gasteiger partial charge in [-0.05, 0) is 18.8 Å². The topological polar surface area (TPSA) is 21.3 Å². The standard InChI is InChI=1S/C12H23NO/c1-14-12(9-13-10-12)8-7-11-5-3-2-4-6-11/h11,13H,2-10H2,1H3. The van der Waals surface area contributed by atoms with E-state index in [9.17, 15) is 0 Å². The predicted molar refractivity (Wildman–Crippen MR) is 58.4 cm³/mol. The van der Waals surface area contributed by atoms with Crippen molar-refractivity contribution in [1.82, 2.24) is 5.32 Å². The van der Waals surface area contributed by atoms with Gasteiger partial charge < -0.3 is 10.1 Å². The second-order valence-electron chi connectivity index (χ2n) is 5.03. The molecule has 1 N–H and O–H groups in total. The number of hydrogen-bond donors (Lipinski definition) is 1. The van der Waals surface area contributed by atoms with Crippen molar-refractivity contribution in [2.75, 3.05) is 20.2 Å². The second kappa shape index (κ2) is 4.63. The number of ether oxygens (including phenoxy) is 1. The third kappa shape index (κ3) is 2.29. The van der Waals surface area contributed by atoms with Gasteiger partial charge in [-0.2, -0.15) is 0 Å². The lowest BCUT2D eigenvalue weighted by atomic mass is 9.81. The summed E-state index contributed by atoms with van der Waals surface area (Å²) in [5, 5.41) is 3.32. The highest BCUT2D eigenvalue weighted by atomic mass is 16.5. The zero-order valence-corrected chi connectivity index (χ0v) is 9.35. The van der Waals surface area contributed by atoms with E-state index in [4.69, 9.17) is 4.74 Å². The van der Waals surface area contributed by atoms with Crippen LogP contribution in [-0.4, -0.2) is 25.8 Å². The van der Waals surface area contributed by atoms with Crippen LogP contribution in [-0.2, 0) is 4.74 Å². The number of hydrogen-bond acceptors (Lipinski definition) is 2. The van der Waals surface area contributed by atoms with Gasteiger partial charge in [-0.15, -0.1) is 0 Å². The van der Waals surface area contributed by atoms with Crippen LogP contribution >= 0.6 is 0 Å². The Balaban J connectivity index is 1.69. The van der Waals surface area contributed by atoms with Crippen molar-refractivity contribution in [3.63, 3.8) is 0 Å². The molecule has 0 atom stereocenters. The minimum Gasteiger partial charge on any atom is -0.376 e. The molecule has 1 heterocycles. The maximum Gasteiger partial charge on any atom is 0.0926 e. The van der Waals surface area contributed by atoms with Crippen LogP contribution in [0.15, 0.2) is 0 Å². The van der Waals surface area contributed by atoms with Gasteiger partial charge in [0.1, 0.15) is 0 Å². The molecule has 2 heteroatoms. The summed E-state index contributed by atoms with van der Waals surface area (Å²) in [6.45, 7) is 2.13. The van der Waals surface area contributed by atoms with Crippen LogP contribution in [0.4, 0.5) is 0 Å². The van der Waals surface area contributed by atoms with Crippen molar-refractivity contribution in [3.8, 4) is 0 Å². The van der Waals surface area contributed by atoms with Gasteiger partial charge in [0.15, 0.2) is 0 Å². The van der Waals surface area contributed by atoms with Gasteiger partial charge in [0.25, 0.3) is 0 Å². The highest BCUT2D eigenvalue weighted by molar-refractivity contribution is 4.94. The van der Waals surface area contributed by atoms with Crippen molar-refractivity contribution >= 4 is 0 Å². The maximum atomic E-state index is 5.60. The van der Waals surface area contributed by atoms with Crippen LogP contribution in [0.2, 0.25) is 0 Å². The Kier molecular flexibility index (Phi) is 3.45. The molecule has 2 aliphatic rings. The van der Waals surface area contributed by atoms with Gasteiger partial charge in [-0.25, -0.2) is 0 Å². The van der Waals surface area contributed by atoms with E-state index in [1.54, 1.807) is 0 Å². The molecule has 2 rings (SSSR count). The smallest absolute Gasteiger partial charge is 0.0926 e. The van der Waals surface area contributed by atoms with Crippen molar-refractivity contribution in [2.45, 2.75) is 50.5 Å². The van der Waals surface area contributed by atoms with Crippen molar-refractivity contribution in [2.24, 2.45) is 5.92 Å². The van der Waals surface area contributed by atoms with E-state index in [0.717, 1.165) is 19.0 Å². The minimum atomic E-state index is 0.206. The Morgan fingerprint density at radius 3 is 2.43 bits per heavy atom. The van der Waals surface area contributed by atoms with Crippen molar-refractivity contribution < 1.29 is 4.74 Å². The van der Waals surface area contributed by atoms with E-state index < -0.39 is 0 Å². The van der Waals surface area contributed by atoms with E-state index in [0.29, 0.717) is 0 Å². The zero-order chi connectivity index (χ0) is 9.86. The second-order valence-corrected chi connectivity index (χ2v) is 5.03. The van der Waals surface area contributed by atoms with E-state index in [1.807, 2.05) is 7.11 Å². The summed E-state index contributed by atoms with van der Waals surface area (Å²) >= 11 is 0. The summed E-state index contributed by atoms with van der Waals surface area (Å²) in [6.07, 6.45) is 9.97. The molecule has 2 nitrogen and oxygen atoms in total.